The first-order valence-electron chi connectivity index (χ1n) is 10.8. The van der Waals surface area contributed by atoms with Crippen molar-refractivity contribution in [2.24, 2.45) is 10.1 Å². The van der Waals surface area contributed by atoms with E-state index in [1.165, 1.54) is 16.7 Å². The van der Waals surface area contributed by atoms with Crippen LogP contribution < -0.4 is 0 Å². The lowest BCUT2D eigenvalue weighted by Gasteiger charge is -2.09. The Morgan fingerprint density at radius 2 is 1.48 bits per heavy atom. The summed E-state index contributed by atoms with van der Waals surface area (Å²) in [5.41, 5.74) is 9.14. The average molecular weight is 411 g/mol. The van der Waals surface area contributed by atoms with Crippen LogP contribution in [0.1, 0.15) is 57.5 Å². The largest absolute Gasteiger partial charge is 0.475 e. The first kappa shape index (κ1) is 19.6. The quantitative estimate of drug-likeness (QED) is 0.530. The summed E-state index contributed by atoms with van der Waals surface area (Å²) in [5.74, 6) is 0.749. The lowest BCUT2D eigenvalue weighted by Crippen LogP contribution is -2.06. The minimum absolute atomic E-state index is 0.0111. The molecule has 2 aliphatic rings. The van der Waals surface area contributed by atoms with Gasteiger partial charge in [0.05, 0.1) is 5.71 Å². The summed E-state index contributed by atoms with van der Waals surface area (Å²) in [6.45, 7) is 6.87. The van der Waals surface area contributed by atoms with E-state index in [9.17, 15) is 0 Å². The monoisotopic (exact) mass is 410 g/mol. The first-order chi connectivity index (χ1) is 15.1. The maximum Gasteiger partial charge on any atom is 0.217 e. The van der Waals surface area contributed by atoms with Crippen molar-refractivity contribution in [3.8, 4) is 0 Å². The second kappa shape index (κ2) is 8.03. The Morgan fingerprint density at radius 3 is 2.19 bits per heavy atom. The zero-order chi connectivity index (χ0) is 21.4. The van der Waals surface area contributed by atoms with Gasteiger partial charge < -0.3 is 9.57 Å². The molecule has 0 aromatic heterocycles. The van der Waals surface area contributed by atoms with E-state index in [1.54, 1.807) is 0 Å². The molecule has 4 nitrogen and oxygen atoms in total. The van der Waals surface area contributed by atoms with E-state index in [0.717, 1.165) is 40.3 Å². The molecule has 0 amide bonds. The smallest absolute Gasteiger partial charge is 0.217 e. The summed E-state index contributed by atoms with van der Waals surface area (Å²) in [6, 6.07) is 23.2. The number of nitrogens with zero attached hydrogens (tertiary/aromatic N) is 2. The van der Waals surface area contributed by atoms with Gasteiger partial charge in [-0.1, -0.05) is 77.4 Å². The number of aliphatic imine (C=N–C) groups is 1. The van der Waals surface area contributed by atoms with E-state index < -0.39 is 0 Å². The van der Waals surface area contributed by atoms with Crippen molar-refractivity contribution in [2.75, 3.05) is 6.61 Å². The highest BCUT2D eigenvalue weighted by Crippen LogP contribution is 2.31. The minimum Gasteiger partial charge on any atom is -0.475 e. The number of ether oxygens (including phenoxy) is 1. The van der Waals surface area contributed by atoms with E-state index in [4.69, 9.17) is 14.6 Å². The van der Waals surface area contributed by atoms with Gasteiger partial charge in [0.25, 0.3) is 0 Å². The van der Waals surface area contributed by atoms with E-state index >= 15 is 0 Å². The minimum atomic E-state index is -0.0111. The molecule has 3 aromatic rings. The predicted molar refractivity (Wildman–Crippen MR) is 124 cm³/mol. The molecule has 156 valence electrons. The zero-order valence-corrected chi connectivity index (χ0v) is 18.1. The van der Waals surface area contributed by atoms with Crippen molar-refractivity contribution in [1.29, 1.82) is 0 Å². The molecular weight excluding hydrogens is 384 g/mol. The Kier molecular flexibility index (Phi) is 5.06. The summed E-state index contributed by atoms with van der Waals surface area (Å²) >= 11 is 0. The highest BCUT2D eigenvalue weighted by Gasteiger charge is 2.26. The average Bonchev–Trinajstić information content (AvgIpc) is 3.45. The fourth-order valence-electron chi connectivity index (χ4n) is 4.24. The van der Waals surface area contributed by atoms with Gasteiger partial charge in [0.1, 0.15) is 12.6 Å². The van der Waals surface area contributed by atoms with Gasteiger partial charge >= 0.3 is 0 Å². The van der Waals surface area contributed by atoms with E-state index in [2.05, 4.69) is 92.7 Å². The molecule has 2 heterocycles. The third-order valence-corrected chi connectivity index (χ3v) is 6.09. The zero-order valence-electron chi connectivity index (χ0n) is 18.1. The fraction of sp³-hybridized carbons (Fsp3) is 0.259. The Morgan fingerprint density at radius 1 is 0.806 bits per heavy atom. The molecular formula is C27H26N2O2. The molecule has 4 heteroatoms. The maximum absolute atomic E-state index is 5.98. The molecule has 0 saturated heterocycles. The van der Waals surface area contributed by atoms with Crippen molar-refractivity contribution in [1.82, 2.24) is 0 Å². The third kappa shape index (κ3) is 3.86. The van der Waals surface area contributed by atoms with Crippen molar-refractivity contribution in [3.05, 3.63) is 106 Å². The van der Waals surface area contributed by atoms with E-state index in [1.807, 2.05) is 0 Å². The molecule has 0 saturated carbocycles. The Bertz CT molecular complexity index is 1140. The second-order valence-electron chi connectivity index (χ2n) is 8.40. The Labute approximate surface area is 183 Å². The molecule has 0 N–H and O–H groups in total. The van der Waals surface area contributed by atoms with Crippen LogP contribution in [-0.2, 0) is 9.57 Å². The van der Waals surface area contributed by atoms with Gasteiger partial charge in [0, 0.05) is 12.0 Å². The second-order valence-corrected chi connectivity index (χ2v) is 8.40. The maximum atomic E-state index is 5.98. The van der Waals surface area contributed by atoms with Gasteiger partial charge in [0.15, 0.2) is 6.10 Å². The van der Waals surface area contributed by atoms with Crippen molar-refractivity contribution in [3.63, 3.8) is 0 Å². The van der Waals surface area contributed by atoms with Crippen LogP contribution in [0.15, 0.2) is 76.9 Å². The van der Waals surface area contributed by atoms with Crippen LogP contribution in [0, 0.1) is 20.8 Å². The third-order valence-electron chi connectivity index (χ3n) is 6.09. The number of rotatable bonds is 4. The van der Waals surface area contributed by atoms with Gasteiger partial charge in [-0.05, 0) is 48.6 Å². The number of benzene rings is 3. The molecule has 0 fully saturated rings. The summed E-state index contributed by atoms with van der Waals surface area (Å²) < 4.78 is 5.98. The van der Waals surface area contributed by atoms with Crippen LogP contribution in [0.5, 0.6) is 0 Å². The summed E-state index contributed by atoms with van der Waals surface area (Å²) in [6.07, 6.45) is 0.770. The van der Waals surface area contributed by atoms with Crippen LogP contribution in [0.3, 0.4) is 0 Å². The van der Waals surface area contributed by atoms with Crippen molar-refractivity contribution >= 4 is 11.6 Å². The SMILES string of the molecule is Cc1ccc(C2CC(c3ccc(C4COC(c5c(C)cccc5C)=N4)cc3)=NO2)cc1. The van der Waals surface area contributed by atoms with E-state index in [-0.39, 0.29) is 12.1 Å². The number of hydrogen-bond donors (Lipinski definition) is 0. The Balaban J connectivity index is 1.30. The number of oxime groups is 1. The van der Waals surface area contributed by atoms with Gasteiger partial charge in [-0.15, -0.1) is 0 Å². The van der Waals surface area contributed by atoms with Gasteiger partial charge in [-0.3, -0.25) is 0 Å². The molecule has 2 unspecified atom stereocenters. The van der Waals surface area contributed by atoms with Crippen molar-refractivity contribution < 1.29 is 9.57 Å². The molecule has 31 heavy (non-hydrogen) atoms. The Hall–Kier alpha value is -3.40. The van der Waals surface area contributed by atoms with Crippen LogP contribution in [0.4, 0.5) is 0 Å². The van der Waals surface area contributed by atoms with Crippen LogP contribution in [0.25, 0.3) is 0 Å². The molecule has 0 bridgehead atoms. The summed E-state index contributed by atoms with van der Waals surface area (Å²) in [5, 5.41) is 4.35. The lowest BCUT2D eigenvalue weighted by molar-refractivity contribution is 0.0857. The van der Waals surface area contributed by atoms with E-state index in [0.29, 0.717) is 6.61 Å². The summed E-state index contributed by atoms with van der Waals surface area (Å²) in [7, 11) is 0. The molecule has 3 aromatic carbocycles. The fourth-order valence-corrected chi connectivity index (χ4v) is 4.24. The summed E-state index contributed by atoms with van der Waals surface area (Å²) in [4.78, 5) is 10.6. The molecule has 2 aliphatic heterocycles. The van der Waals surface area contributed by atoms with Gasteiger partial charge in [-0.25, -0.2) is 4.99 Å². The van der Waals surface area contributed by atoms with Gasteiger partial charge in [0.2, 0.25) is 5.90 Å². The lowest BCUT2D eigenvalue weighted by atomic mass is 9.98. The number of aryl methyl sites for hydroxylation is 3. The normalized spacial score (nSPS) is 20.1. The topological polar surface area (TPSA) is 43.2 Å². The predicted octanol–water partition coefficient (Wildman–Crippen LogP) is 6.00. The molecule has 0 aliphatic carbocycles. The molecule has 5 rings (SSSR count). The van der Waals surface area contributed by atoms with Crippen molar-refractivity contribution in [2.45, 2.75) is 39.3 Å². The molecule has 0 spiro atoms. The number of hydrogen-bond acceptors (Lipinski definition) is 4. The standard InChI is InChI=1S/C27H26N2O2/c1-17-7-9-22(10-8-17)25-15-23(29-31-25)20-11-13-21(14-12-20)24-16-30-27(28-24)26-18(2)5-4-6-19(26)3/h4-14,24-25H,15-16H2,1-3H3. The van der Waals surface area contributed by atoms with Gasteiger partial charge in [-0.2, -0.15) is 0 Å². The molecule has 2 atom stereocenters. The molecule has 0 radical (unpaired) electrons. The van der Waals surface area contributed by atoms with Crippen LogP contribution in [0.2, 0.25) is 0 Å². The highest BCUT2D eigenvalue weighted by molar-refractivity contribution is 6.01. The van der Waals surface area contributed by atoms with Crippen LogP contribution in [-0.4, -0.2) is 18.2 Å². The highest BCUT2D eigenvalue weighted by atomic mass is 16.6. The first-order valence-corrected chi connectivity index (χ1v) is 10.8. The van der Waals surface area contributed by atoms with Crippen LogP contribution >= 0.6 is 0 Å².